The van der Waals surface area contributed by atoms with Crippen LogP contribution in [0, 0.1) is 26.7 Å². The number of aromatic nitrogens is 2. The van der Waals surface area contributed by atoms with E-state index in [1.54, 1.807) is 0 Å². The molecule has 8 nitrogen and oxygen atoms in total. The molecule has 0 atom stereocenters. The summed E-state index contributed by atoms with van der Waals surface area (Å²) in [6, 6.07) is 19.2. The van der Waals surface area contributed by atoms with Crippen molar-refractivity contribution in [2.45, 2.75) is 53.2 Å². The maximum atomic E-state index is 13.5. The number of fused-ring (bicyclic) bond motifs is 1. The summed E-state index contributed by atoms with van der Waals surface area (Å²) in [6.07, 6.45) is 2.22. The lowest BCUT2D eigenvalue weighted by molar-refractivity contribution is 0.0342. The van der Waals surface area contributed by atoms with E-state index in [9.17, 15) is 9.59 Å². The zero-order valence-electron chi connectivity index (χ0n) is 25.6. The Morgan fingerprint density at radius 1 is 0.977 bits per heavy atom. The molecule has 0 saturated carbocycles. The number of piperidine rings is 1. The first-order chi connectivity index (χ1) is 20.9. The molecule has 6 rings (SSSR count). The Balaban J connectivity index is 1.10. The Morgan fingerprint density at radius 3 is 2.42 bits per heavy atom. The first-order valence-corrected chi connectivity index (χ1v) is 15.6. The summed E-state index contributed by atoms with van der Waals surface area (Å²) < 4.78 is 7.81. The number of benzene rings is 2. The second-order valence-electron chi connectivity index (χ2n) is 12.2. The van der Waals surface area contributed by atoms with Gasteiger partial charge in [-0.3, -0.25) is 14.5 Å². The maximum absolute atomic E-state index is 13.5. The fraction of sp³-hybridized carbons (Fsp3) is 0.429. The molecule has 2 fully saturated rings. The van der Waals surface area contributed by atoms with Gasteiger partial charge in [-0.2, -0.15) is 0 Å². The number of para-hydroxylation sites is 1. The van der Waals surface area contributed by atoms with Crippen LogP contribution in [0.2, 0.25) is 0 Å². The van der Waals surface area contributed by atoms with Crippen LogP contribution >= 0.6 is 0 Å². The Labute approximate surface area is 253 Å². The van der Waals surface area contributed by atoms with Crippen molar-refractivity contribution in [1.29, 1.82) is 0 Å². The lowest BCUT2D eigenvalue weighted by Gasteiger charge is -2.34. The topological polar surface area (TPSA) is 82.6 Å². The number of morpholine rings is 1. The second kappa shape index (κ2) is 12.8. The minimum Gasteiger partial charge on any atom is -0.379 e. The van der Waals surface area contributed by atoms with Gasteiger partial charge >= 0.3 is 0 Å². The van der Waals surface area contributed by atoms with Gasteiger partial charge in [0.15, 0.2) is 0 Å². The maximum Gasteiger partial charge on any atom is 0.254 e. The average molecular weight is 582 g/mol. The Morgan fingerprint density at radius 2 is 1.70 bits per heavy atom. The van der Waals surface area contributed by atoms with E-state index in [1.807, 2.05) is 45.0 Å². The number of carbonyl (C=O) groups is 1. The number of aromatic amines is 1. The fourth-order valence-electron chi connectivity index (χ4n) is 6.77. The van der Waals surface area contributed by atoms with Crippen molar-refractivity contribution in [2.75, 3.05) is 44.3 Å². The van der Waals surface area contributed by atoms with Gasteiger partial charge in [0.2, 0.25) is 0 Å². The number of nitrogens with one attached hydrogen (secondary N) is 2. The normalized spacial score (nSPS) is 16.6. The SMILES string of the molecule is Cc1cc(C)c(CNC(=O)c2c(C)n(CC3CCN(c4ccc(CN5CCOCC5)cc4)CC3)c3ccccc23)c(=O)[nH]1. The summed E-state index contributed by atoms with van der Waals surface area (Å²) in [5.74, 6) is 0.398. The molecule has 0 bridgehead atoms. The third-order valence-corrected chi connectivity index (χ3v) is 9.24. The summed E-state index contributed by atoms with van der Waals surface area (Å²) in [5, 5.41) is 3.99. The molecule has 226 valence electrons. The first-order valence-electron chi connectivity index (χ1n) is 15.6. The molecule has 2 aliphatic heterocycles. The lowest BCUT2D eigenvalue weighted by atomic mass is 9.96. The molecule has 1 amide bonds. The largest absolute Gasteiger partial charge is 0.379 e. The monoisotopic (exact) mass is 581 g/mol. The third kappa shape index (κ3) is 6.40. The van der Waals surface area contributed by atoms with Crippen molar-refractivity contribution in [2.24, 2.45) is 5.92 Å². The van der Waals surface area contributed by atoms with Crippen molar-refractivity contribution < 1.29 is 9.53 Å². The third-order valence-electron chi connectivity index (χ3n) is 9.24. The van der Waals surface area contributed by atoms with Gasteiger partial charge in [0.05, 0.1) is 18.8 Å². The number of rotatable bonds is 8. The van der Waals surface area contributed by atoms with Crippen molar-refractivity contribution in [1.82, 2.24) is 19.8 Å². The predicted octanol–water partition coefficient (Wildman–Crippen LogP) is 4.93. The highest BCUT2D eigenvalue weighted by Gasteiger charge is 2.25. The summed E-state index contributed by atoms with van der Waals surface area (Å²) in [7, 11) is 0. The van der Waals surface area contributed by atoms with Gasteiger partial charge in [-0.05, 0) is 74.9 Å². The van der Waals surface area contributed by atoms with Crippen LogP contribution in [0.4, 0.5) is 5.69 Å². The molecule has 4 heterocycles. The van der Waals surface area contributed by atoms with Gasteiger partial charge in [-0.15, -0.1) is 0 Å². The number of H-pyrrole nitrogens is 1. The second-order valence-corrected chi connectivity index (χ2v) is 12.2. The molecule has 2 aromatic carbocycles. The number of ether oxygens (including phenoxy) is 1. The molecular formula is C35H43N5O3. The number of hydrogen-bond acceptors (Lipinski definition) is 5. The van der Waals surface area contributed by atoms with Crippen LogP contribution in [0.15, 0.2) is 59.4 Å². The average Bonchev–Trinajstić information content (AvgIpc) is 3.28. The standard InChI is InChI=1S/C35H43N5O3/c1-24-20-25(2)37-34(41)31(24)21-36-35(42)33-26(3)40(32-7-5-4-6-30(32)33)23-28-12-14-39(15-13-28)29-10-8-27(9-11-29)22-38-16-18-43-19-17-38/h4-11,20,28H,12-19,21-23H2,1-3H3,(H,36,42)(H,37,41). The molecule has 8 heteroatoms. The van der Waals surface area contributed by atoms with E-state index in [4.69, 9.17) is 4.74 Å². The van der Waals surface area contributed by atoms with Crippen LogP contribution in [0.25, 0.3) is 10.9 Å². The number of nitrogens with zero attached hydrogens (tertiary/aromatic N) is 3. The molecule has 0 unspecified atom stereocenters. The minimum absolute atomic E-state index is 0.140. The summed E-state index contributed by atoms with van der Waals surface area (Å²) >= 11 is 0. The first kappa shape index (κ1) is 29.2. The van der Waals surface area contributed by atoms with E-state index in [0.717, 1.165) is 93.2 Å². The zero-order chi connectivity index (χ0) is 29.9. The van der Waals surface area contributed by atoms with Crippen molar-refractivity contribution in [3.8, 4) is 0 Å². The molecule has 2 saturated heterocycles. The lowest BCUT2D eigenvalue weighted by Crippen LogP contribution is -2.36. The number of carbonyl (C=O) groups excluding carboxylic acids is 1. The van der Waals surface area contributed by atoms with Gasteiger partial charge in [0.25, 0.3) is 11.5 Å². The van der Waals surface area contributed by atoms with Crippen molar-refractivity contribution in [3.63, 3.8) is 0 Å². The number of pyridine rings is 1. The molecule has 2 aliphatic rings. The molecule has 4 aromatic rings. The number of anilines is 1. The zero-order valence-corrected chi connectivity index (χ0v) is 25.6. The van der Waals surface area contributed by atoms with Crippen LogP contribution in [0.3, 0.4) is 0 Å². The van der Waals surface area contributed by atoms with Gasteiger partial charge in [-0.25, -0.2) is 0 Å². The van der Waals surface area contributed by atoms with Gasteiger partial charge in [0, 0.05) is 79.4 Å². The minimum atomic E-state index is -0.146. The van der Waals surface area contributed by atoms with E-state index in [1.165, 1.54) is 11.3 Å². The van der Waals surface area contributed by atoms with E-state index < -0.39 is 0 Å². The highest BCUT2D eigenvalue weighted by molar-refractivity contribution is 6.08. The highest BCUT2D eigenvalue weighted by atomic mass is 16.5. The highest BCUT2D eigenvalue weighted by Crippen LogP contribution is 2.30. The van der Waals surface area contributed by atoms with Gasteiger partial charge in [0.1, 0.15) is 0 Å². The number of amides is 1. The van der Waals surface area contributed by atoms with Crippen LogP contribution in [0.1, 0.15) is 51.3 Å². The fourth-order valence-corrected chi connectivity index (χ4v) is 6.77. The predicted molar refractivity (Wildman–Crippen MR) is 172 cm³/mol. The molecular weight excluding hydrogens is 538 g/mol. The van der Waals surface area contributed by atoms with Crippen LogP contribution in [-0.2, 0) is 24.4 Å². The Bertz CT molecular complexity index is 1640. The molecule has 2 N–H and O–H groups in total. The van der Waals surface area contributed by atoms with Crippen molar-refractivity contribution >= 4 is 22.5 Å². The summed E-state index contributed by atoms with van der Waals surface area (Å²) in [5.41, 5.74) is 7.58. The van der Waals surface area contributed by atoms with Crippen LogP contribution in [-0.4, -0.2) is 59.8 Å². The van der Waals surface area contributed by atoms with Gasteiger partial charge in [-0.1, -0.05) is 30.3 Å². The Kier molecular flexibility index (Phi) is 8.68. The Hall–Kier alpha value is -3.88. The molecule has 43 heavy (non-hydrogen) atoms. The summed E-state index contributed by atoms with van der Waals surface area (Å²) in [6.45, 7) is 13.6. The molecule has 0 radical (unpaired) electrons. The molecule has 2 aromatic heterocycles. The molecule has 0 spiro atoms. The quantitative estimate of drug-likeness (QED) is 0.308. The van der Waals surface area contributed by atoms with E-state index in [0.29, 0.717) is 17.0 Å². The van der Waals surface area contributed by atoms with E-state index >= 15 is 0 Å². The van der Waals surface area contributed by atoms with Crippen LogP contribution in [0.5, 0.6) is 0 Å². The van der Waals surface area contributed by atoms with Crippen molar-refractivity contribution in [3.05, 3.63) is 98.6 Å². The smallest absolute Gasteiger partial charge is 0.254 e. The van der Waals surface area contributed by atoms with E-state index in [-0.39, 0.29) is 18.0 Å². The van der Waals surface area contributed by atoms with Gasteiger partial charge < -0.3 is 24.5 Å². The number of hydrogen-bond donors (Lipinski definition) is 2. The molecule has 0 aliphatic carbocycles. The summed E-state index contributed by atoms with van der Waals surface area (Å²) in [4.78, 5) is 33.8. The van der Waals surface area contributed by atoms with Crippen LogP contribution < -0.4 is 15.8 Å². The number of aryl methyl sites for hydroxylation is 2. The van der Waals surface area contributed by atoms with E-state index in [2.05, 4.69) is 55.0 Å².